The summed E-state index contributed by atoms with van der Waals surface area (Å²) in [5, 5.41) is 2.31. The first kappa shape index (κ1) is 13.3. The number of methoxy groups -OCH3 is 1. The van der Waals surface area contributed by atoms with Crippen molar-refractivity contribution >= 4 is 0 Å². The summed E-state index contributed by atoms with van der Waals surface area (Å²) in [5.74, 6) is 0.916. The number of likely N-dealkylation sites (N-methyl/N-ethyl adjacent to an activating group) is 1. The Bertz CT molecular complexity index is 375. The Balaban J connectivity index is 1.92. The molecule has 18 heavy (non-hydrogen) atoms. The fourth-order valence-corrected chi connectivity index (χ4v) is 2.19. The molecule has 0 saturated carbocycles. The largest absolute Gasteiger partial charge is 0.497 e. The molecule has 4 heteroatoms. The van der Waals surface area contributed by atoms with Gasteiger partial charge >= 0.3 is 0 Å². The van der Waals surface area contributed by atoms with E-state index < -0.39 is 0 Å². The van der Waals surface area contributed by atoms with E-state index >= 15 is 0 Å². The van der Waals surface area contributed by atoms with E-state index in [0.29, 0.717) is 6.04 Å². The average Bonchev–Trinajstić information content (AvgIpc) is 2.41. The predicted molar refractivity (Wildman–Crippen MR) is 73.6 cm³/mol. The molecule has 1 aromatic carbocycles. The maximum atomic E-state index is 5.26. The minimum absolute atomic E-state index is 0.309. The number of rotatable bonds is 4. The van der Waals surface area contributed by atoms with E-state index in [-0.39, 0.29) is 0 Å². The molecule has 1 fully saturated rings. The third-order valence-electron chi connectivity index (χ3n) is 3.47. The summed E-state index contributed by atoms with van der Waals surface area (Å²) in [6, 6.07) is 8.55. The molecule has 1 N–H and O–H groups in total. The smallest absolute Gasteiger partial charge is 0.119 e. The maximum Gasteiger partial charge on any atom is 0.119 e. The molecule has 1 heterocycles. The van der Waals surface area contributed by atoms with Crippen LogP contribution in [0.25, 0.3) is 0 Å². The molecular weight excluding hydrogens is 226 g/mol. The van der Waals surface area contributed by atoms with Crippen LogP contribution in [0.4, 0.5) is 0 Å². The molecule has 0 aromatic heterocycles. The Morgan fingerprint density at radius 2 is 1.94 bits per heavy atom. The topological polar surface area (TPSA) is 27.7 Å². The Kier molecular flexibility index (Phi) is 4.58. The third-order valence-corrected chi connectivity index (χ3v) is 3.47. The van der Waals surface area contributed by atoms with Gasteiger partial charge in [0.25, 0.3) is 0 Å². The highest BCUT2D eigenvalue weighted by atomic mass is 16.5. The van der Waals surface area contributed by atoms with Crippen LogP contribution in [-0.4, -0.2) is 50.2 Å². The second-order valence-corrected chi connectivity index (χ2v) is 4.92. The number of hydrogen-bond acceptors (Lipinski definition) is 4. The highest BCUT2D eigenvalue weighted by Gasteiger charge is 2.16. The lowest BCUT2D eigenvalue weighted by Gasteiger charge is -2.34. The van der Waals surface area contributed by atoms with Gasteiger partial charge in [-0.2, -0.15) is 0 Å². The average molecular weight is 249 g/mol. The molecule has 2 rings (SSSR count). The molecule has 0 aliphatic carbocycles. The van der Waals surface area contributed by atoms with Crippen molar-refractivity contribution in [2.75, 3.05) is 40.3 Å². The molecule has 4 nitrogen and oxygen atoms in total. The van der Waals surface area contributed by atoms with Crippen LogP contribution in [0.2, 0.25) is 0 Å². The lowest BCUT2D eigenvalue weighted by Crippen LogP contribution is -2.51. The van der Waals surface area contributed by atoms with Gasteiger partial charge in [0.15, 0.2) is 0 Å². The van der Waals surface area contributed by atoms with E-state index in [9.17, 15) is 0 Å². The van der Waals surface area contributed by atoms with Crippen LogP contribution >= 0.6 is 0 Å². The summed E-state index contributed by atoms with van der Waals surface area (Å²) in [7, 11) is 3.88. The summed E-state index contributed by atoms with van der Waals surface area (Å²) in [6.07, 6.45) is 0. The predicted octanol–water partition coefficient (Wildman–Crippen LogP) is 1.51. The second kappa shape index (κ2) is 6.18. The highest BCUT2D eigenvalue weighted by Crippen LogP contribution is 2.19. The summed E-state index contributed by atoms with van der Waals surface area (Å²) < 4.78 is 5.26. The number of hydrogen-bond donors (Lipinski definition) is 1. The number of piperazine rings is 1. The van der Waals surface area contributed by atoms with E-state index in [1.807, 2.05) is 12.1 Å². The minimum Gasteiger partial charge on any atom is -0.497 e. The second-order valence-electron chi connectivity index (χ2n) is 4.92. The van der Waals surface area contributed by atoms with Gasteiger partial charge < -0.3 is 9.64 Å². The lowest BCUT2D eigenvalue weighted by molar-refractivity contribution is 0.0898. The number of ether oxygens (including phenoxy) is 1. The van der Waals surface area contributed by atoms with Crippen LogP contribution in [0.1, 0.15) is 18.5 Å². The Hall–Kier alpha value is -1.10. The molecular formula is C14H23N3O. The van der Waals surface area contributed by atoms with Gasteiger partial charge in [-0.15, -0.1) is 0 Å². The monoisotopic (exact) mass is 249 g/mol. The first-order valence-corrected chi connectivity index (χ1v) is 6.52. The molecule has 0 bridgehead atoms. The molecule has 0 spiro atoms. The van der Waals surface area contributed by atoms with E-state index in [1.54, 1.807) is 7.11 Å². The fraction of sp³-hybridized carbons (Fsp3) is 0.571. The number of hydrazine groups is 1. The van der Waals surface area contributed by atoms with Gasteiger partial charge in [-0.05, 0) is 31.7 Å². The molecule has 1 aliphatic rings. The quantitative estimate of drug-likeness (QED) is 0.875. The van der Waals surface area contributed by atoms with Crippen molar-refractivity contribution in [1.82, 2.24) is 15.3 Å². The van der Waals surface area contributed by atoms with Crippen LogP contribution in [0.15, 0.2) is 24.3 Å². The van der Waals surface area contributed by atoms with Gasteiger partial charge in [-0.25, -0.2) is 10.4 Å². The van der Waals surface area contributed by atoms with Gasteiger partial charge in [-0.3, -0.25) is 0 Å². The third kappa shape index (κ3) is 3.45. The zero-order valence-electron chi connectivity index (χ0n) is 11.5. The van der Waals surface area contributed by atoms with Crippen LogP contribution in [0.3, 0.4) is 0 Å². The first-order chi connectivity index (χ1) is 8.69. The molecule has 100 valence electrons. The van der Waals surface area contributed by atoms with E-state index in [1.165, 1.54) is 5.56 Å². The molecule has 1 aliphatic heterocycles. The molecule has 1 aromatic rings. The Morgan fingerprint density at radius 3 is 2.61 bits per heavy atom. The normalized spacial score (nSPS) is 19.7. The van der Waals surface area contributed by atoms with E-state index in [0.717, 1.165) is 31.9 Å². The molecule has 1 saturated heterocycles. The van der Waals surface area contributed by atoms with Gasteiger partial charge in [0.05, 0.1) is 7.11 Å². The van der Waals surface area contributed by atoms with Crippen LogP contribution in [-0.2, 0) is 0 Å². The zero-order valence-corrected chi connectivity index (χ0v) is 11.5. The minimum atomic E-state index is 0.309. The molecule has 0 amide bonds. The molecule has 1 atom stereocenters. The Labute approximate surface area is 109 Å². The van der Waals surface area contributed by atoms with Gasteiger partial charge in [0.2, 0.25) is 0 Å². The highest BCUT2D eigenvalue weighted by molar-refractivity contribution is 5.30. The van der Waals surface area contributed by atoms with Gasteiger partial charge in [0.1, 0.15) is 5.75 Å². The van der Waals surface area contributed by atoms with Crippen molar-refractivity contribution in [1.29, 1.82) is 0 Å². The molecule has 1 unspecified atom stereocenters. The van der Waals surface area contributed by atoms with Crippen molar-refractivity contribution in [3.05, 3.63) is 29.8 Å². The van der Waals surface area contributed by atoms with E-state index in [4.69, 9.17) is 4.74 Å². The van der Waals surface area contributed by atoms with Crippen molar-refractivity contribution in [3.8, 4) is 5.75 Å². The van der Waals surface area contributed by atoms with Crippen LogP contribution in [0.5, 0.6) is 5.75 Å². The maximum absolute atomic E-state index is 5.26. The van der Waals surface area contributed by atoms with E-state index in [2.05, 4.69) is 41.4 Å². The molecule has 0 radical (unpaired) electrons. The van der Waals surface area contributed by atoms with Crippen LogP contribution < -0.4 is 10.2 Å². The summed E-state index contributed by atoms with van der Waals surface area (Å²) in [6.45, 7) is 6.58. The van der Waals surface area contributed by atoms with Crippen molar-refractivity contribution in [2.45, 2.75) is 13.0 Å². The summed E-state index contributed by atoms with van der Waals surface area (Å²) in [5.41, 5.74) is 4.82. The first-order valence-electron chi connectivity index (χ1n) is 6.52. The van der Waals surface area contributed by atoms with Crippen molar-refractivity contribution in [2.24, 2.45) is 0 Å². The standard InChI is InChI=1S/C14H23N3O/c1-12(13-5-4-6-14(11-13)18-3)15-17-9-7-16(2)8-10-17/h4-6,11-12,15H,7-10H2,1-3H3. The zero-order chi connectivity index (χ0) is 13.0. The SMILES string of the molecule is COc1cccc(C(C)NN2CCN(C)CC2)c1. The Morgan fingerprint density at radius 1 is 1.22 bits per heavy atom. The summed E-state index contributed by atoms with van der Waals surface area (Å²) >= 11 is 0. The fourth-order valence-electron chi connectivity index (χ4n) is 2.19. The van der Waals surface area contributed by atoms with Gasteiger partial charge in [-0.1, -0.05) is 12.1 Å². The van der Waals surface area contributed by atoms with Crippen molar-refractivity contribution < 1.29 is 4.74 Å². The van der Waals surface area contributed by atoms with Crippen molar-refractivity contribution in [3.63, 3.8) is 0 Å². The van der Waals surface area contributed by atoms with Crippen LogP contribution in [0, 0.1) is 0 Å². The van der Waals surface area contributed by atoms with Gasteiger partial charge in [0, 0.05) is 32.2 Å². The number of benzene rings is 1. The number of nitrogens with zero attached hydrogens (tertiary/aromatic N) is 2. The number of nitrogens with one attached hydrogen (secondary N) is 1. The summed E-state index contributed by atoms with van der Waals surface area (Å²) in [4.78, 5) is 2.36. The lowest BCUT2D eigenvalue weighted by atomic mass is 10.1.